The van der Waals surface area contributed by atoms with Gasteiger partial charge in [-0.25, -0.2) is 0 Å². The highest BCUT2D eigenvalue weighted by molar-refractivity contribution is 6.75. The van der Waals surface area contributed by atoms with Crippen LogP contribution in [0.4, 0.5) is 0 Å². The van der Waals surface area contributed by atoms with Crippen molar-refractivity contribution >= 4 is 23.0 Å². The van der Waals surface area contributed by atoms with Crippen LogP contribution < -0.4 is 5.46 Å². The van der Waals surface area contributed by atoms with Crippen LogP contribution in [-0.4, -0.2) is 26.6 Å². The predicted molar refractivity (Wildman–Crippen MR) is 75.3 cm³/mol. The predicted octanol–water partition coefficient (Wildman–Crippen LogP) is 2.07. The molecule has 2 bridgehead atoms. The molecule has 98 valence electrons. The van der Waals surface area contributed by atoms with E-state index in [9.17, 15) is 0 Å². The second-order valence-electron chi connectivity index (χ2n) is 5.99. The van der Waals surface area contributed by atoms with E-state index >= 15 is 0 Å². The molecular formula is C15H16BO3-. The Kier molecular flexibility index (Phi) is 2.31. The Morgan fingerprint density at radius 3 is 2.21 bits per heavy atom. The summed E-state index contributed by atoms with van der Waals surface area (Å²) < 4.78 is 17.8. The molecule has 0 spiro atoms. The van der Waals surface area contributed by atoms with Gasteiger partial charge in [-0.3, -0.25) is 0 Å². The Labute approximate surface area is 112 Å². The lowest BCUT2D eigenvalue weighted by molar-refractivity contribution is -0.119. The van der Waals surface area contributed by atoms with Crippen molar-refractivity contribution < 1.29 is 14.0 Å². The fourth-order valence-electron chi connectivity index (χ4n) is 2.92. The standard InChI is InChI=1S/C15H16BO3/c1-15-9-17-16(18-10-15,19-11-15)14-7-6-12-4-2-3-5-13(12)8-14/h2-8H,9-11H2,1H3/q-1. The monoisotopic (exact) mass is 255 g/mol. The van der Waals surface area contributed by atoms with Gasteiger partial charge in [-0.1, -0.05) is 49.4 Å². The Morgan fingerprint density at radius 1 is 0.895 bits per heavy atom. The summed E-state index contributed by atoms with van der Waals surface area (Å²) in [5, 5.41) is 2.40. The minimum absolute atomic E-state index is 0.0142. The van der Waals surface area contributed by atoms with E-state index in [2.05, 4.69) is 37.3 Å². The average Bonchev–Trinajstić information content (AvgIpc) is 2.48. The maximum Gasteiger partial charge on any atom is 0.409 e. The maximum absolute atomic E-state index is 5.92. The molecule has 19 heavy (non-hydrogen) atoms. The molecule has 5 rings (SSSR count). The van der Waals surface area contributed by atoms with Crippen molar-refractivity contribution in [3.63, 3.8) is 0 Å². The van der Waals surface area contributed by atoms with Gasteiger partial charge in [0, 0.05) is 25.2 Å². The van der Waals surface area contributed by atoms with Crippen LogP contribution in [0.15, 0.2) is 42.5 Å². The molecule has 0 amide bonds. The molecular weight excluding hydrogens is 239 g/mol. The van der Waals surface area contributed by atoms with Crippen molar-refractivity contribution in [1.29, 1.82) is 0 Å². The lowest BCUT2D eigenvalue weighted by Gasteiger charge is -2.58. The molecule has 3 heterocycles. The normalized spacial score (nSPS) is 33.7. The average molecular weight is 255 g/mol. The van der Waals surface area contributed by atoms with Crippen molar-refractivity contribution in [2.45, 2.75) is 6.92 Å². The van der Waals surface area contributed by atoms with E-state index < -0.39 is 6.75 Å². The van der Waals surface area contributed by atoms with E-state index in [1.54, 1.807) is 0 Å². The van der Waals surface area contributed by atoms with Crippen LogP contribution in [0.3, 0.4) is 0 Å². The molecule has 3 aliphatic rings. The minimum atomic E-state index is -1.73. The van der Waals surface area contributed by atoms with Gasteiger partial charge >= 0.3 is 6.75 Å². The molecule has 0 aliphatic carbocycles. The van der Waals surface area contributed by atoms with Crippen LogP contribution in [0.2, 0.25) is 0 Å². The zero-order chi connectivity index (χ0) is 12.9. The van der Waals surface area contributed by atoms with Crippen LogP contribution in [0, 0.1) is 5.41 Å². The minimum Gasteiger partial charge on any atom is -0.540 e. The topological polar surface area (TPSA) is 27.7 Å². The summed E-state index contributed by atoms with van der Waals surface area (Å²) in [5.41, 5.74) is 1.01. The molecule has 3 saturated heterocycles. The lowest BCUT2D eigenvalue weighted by atomic mass is 9.64. The van der Waals surface area contributed by atoms with Crippen molar-refractivity contribution in [1.82, 2.24) is 0 Å². The fraction of sp³-hybridized carbons (Fsp3) is 0.333. The van der Waals surface area contributed by atoms with Gasteiger partial charge in [0.1, 0.15) is 0 Å². The van der Waals surface area contributed by atoms with Crippen molar-refractivity contribution in [2.24, 2.45) is 5.41 Å². The van der Waals surface area contributed by atoms with E-state index in [1.807, 2.05) is 12.1 Å². The highest BCUT2D eigenvalue weighted by atomic mass is 16.8. The second-order valence-corrected chi connectivity index (χ2v) is 5.99. The number of fused-ring (bicyclic) bond motifs is 4. The number of hydrogen-bond donors (Lipinski definition) is 0. The SMILES string of the molecule is CC12CO[B-](c3ccc4ccccc4c3)(OC1)OC2. The summed E-state index contributed by atoms with van der Waals surface area (Å²) in [6.07, 6.45) is 0. The van der Waals surface area contributed by atoms with Crippen LogP contribution in [0.25, 0.3) is 10.8 Å². The Balaban J connectivity index is 1.78. The third-order valence-corrected chi connectivity index (χ3v) is 4.14. The van der Waals surface area contributed by atoms with E-state index in [4.69, 9.17) is 14.0 Å². The summed E-state index contributed by atoms with van der Waals surface area (Å²) in [7, 11) is 0. The number of rotatable bonds is 1. The van der Waals surface area contributed by atoms with Crippen LogP contribution in [-0.2, 0) is 14.0 Å². The first kappa shape index (κ1) is 11.5. The summed E-state index contributed by atoms with van der Waals surface area (Å²) in [6.45, 7) is 2.52. The van der Waals surface area contributed by atoms with E-state index in [-0.39, 0.29) is 5.41 Å². The molecule has 0 N–H and O–H groups in total. The number of benzene rings is 2. The Morgan fingerprint density at radius 2 is 1.53 bits per heavy atom. The molecule has 3 fully saturated rings. The Hall–Kier alpha value is -1.36. The molecule has 0 saturated carbocycles. The maximum atomic E-state index is 5.92. The smallest absolute Gasteiger partial charge is 0.409 e. The van der Waals surface area contributed by atoms with Crippen LogP contribution in [0.1, 0.15) is 6.92 Å². The fourth-order valence-corrected chi connectivity index (χ4v) is 2.92. The van der Waals surface area contributed by atoms with Crippen molar-refractivity contribution in [3.8, 4) is 0 Å². The van der Waals surface area contributed by atoms with E-state index in [1.165, 1.54) is 10.8 Å². The second kappa shape index (κ2) is 3.82. The van der Waals surface area contributed by atoms with E-state index in [0.29, 0.717) is 19.8 Å². The molecule has 0 atom stereocenters. The highest BCUT2D eigenvalue weighted by Gasteiger charge is 2.46. The van der Waals surface area contributed by atoms with Gasteiger partial charge < -0.3 is 14.0 Å². The quantitative estimate of drug-likeness (QED) is 0.730. The van der Waals surface area contributed by atoms with Gasteiger partial charge in [-0.05, 0) is 10.8 Å². The van der Waals surface area contributed by atoms with Crippen molar-refractivity contribution in [3.05, 3.63) is 42.5 Å². The van der Waals surface area contributed by atoms with Gasteiger partial charge in [-0.15, -0.1) is 5.46 Å². The van der Waals surface area contributed by atoms with E-state index in [0.717, 1.165) is 5.46 Å². The molecule has 2 aromatic rings. The largest absolute Gasteiger partial charge is 0.540 e. The summed E-state index contributed by atoms with van der Waals surface area (Å²) in [5.74, 6) is 0. The zero-order valence-corrected chi connectivity index (χ0v) is 11.0. The summed E-state index contributed by atoms with van der Waals surface area (Å²) in [6, 6.07) is 14.5. The molecule has 0 unspecified atom stereocenters. The van der Waals surface area contributed by atoms with Gasteiger partial charge in [0.25, 0.3) is 0 Å². The molecule has 0 radical (unpaired) electrons. The first-order valence-electron chi connectivity index (χ1n) is 6.74. The molecule has 2 aromatic carbocycles. The van der Waals surface area contributed by atoms with Gasteiger partial charge in [0.05, 0.1) is 0 Å². The highest BCUT2D eigenvalue weighted by Crippen LogP contribution is 2.35. The first-order chi connectivity index (χ1) is 9.19. The number of hydrogen-bond acceptors (Lipinski definition) is 3. The molecule has 3 nitrogen and oxygen atoms in total. The third kappa shape index (κ3) is 1.71. The van der Waals surface area contributed by atoms with Crippen molar-refractivity contribution in [2.75, 3.05) is 19.8 Å². The first-order valence-corrected chi connectivity index (χ1v) is 6.74. The molecule has 3 aliphatic heterocycles. The summed E-state index contributed by atoms with van der Waals surface area (Å²) >= 11 is 0. The van der Waals surface area contributed by atoms with Gasteiger partial charge in [0.15, 0.2) is 0 Å². The molecule has 0 aromatic heterocycles. The van der Waals surface area contributed by atoms with Crippen LogP contribution >= 0.6 is 0 Å². The van der Waals surface area contributed by atoms with Gasteiger partial charge in [0.2, 0.25) is 0 Å². The zero-order valence-electron chi connectivity index (χ0n) is 11.0. The van der Waals surface area contributed by atoms with Crippen LogP contribution in [0.5, 0.6) is 0 Å². The Bertz CT molecular complexity index is 616. The third-order valence-electron chi connectivity index (χ3n) is 4.14. The summed E-state index contributed by atoms with van der Waals surface area (Å²) in [4.78, 5) is 0. The van der Waals surface area contributed by atoms with Gasteiger partial charge in [-0.2, -0.15) is 0 Å². The lowest BCUT2D eigenvalue weighted by Crippen LogP contribution is -2.68. The molecule has 4 heteroatoms.